The van der Waals surface area contributed by atoms with Crippen LogP contribution < -0.4 is 0 Å². The van der Waals surface area contributed by atoms with Crippen molar-refractivity contribution in [2.75, 3.05) is 13.1 Å². The van der Waals surface area contributed by atoms with E-state index in [0.717, 1.165) is 5.56 Å². The van der Waals surface area contributed by atoms with E-state index in [9.17, 15) is 15.0 Å². The molecule has 1 aromatic carbocycles. The molecule has 1 amide bonds. The van der Waals surface area contributed by atoms with Gasteiger partial charge in [-0.2, -0.15) is 15.4 Å². The largest absolute Gasteiger partial charge is 0.385 e. The van der Waals surface area contributed by atoms with Crippen LogP contribution in [-0.4, -0.2) is 49.5 Å². The second kappa shape index (κ2) is 6.33. The predicted molar refractivity (Wildman–Crippen MR) is 86.7 cm³/mol. The van der Waals surface area contributed by atoms with Gasteiger partial charge in [0, 0.05) is 13.0 Å². The number of benzene rings is 1. The highest BCUT2D eigenvalue weighted by Crippen LogP contribution is 2.33. The van der Waals surface area contributed by atoms with Crippen molar-refractivity contribution >= 4 is 5.91 Å². The summed E-state index contributed by atoms with van der Waals surface area (Å²) in [5.41, 5.74) is -1.22. The SMILES string of the molecule is CC[C@](O)(CC(=O)N1CC[C@](O)(c2cn[nH]n2)C1)c1ccccc1. The number of likely N-dealkylation sites (tertiary alicyclic amines) is 1. The molecule has 0 radical (unpaired) electrons. The third-order valence-electron chi connectivity index (χ3n) is 4.83. The Balaban J connectivity index is 1.71. The Morgan fingerprint density at radius 1 is 1.42 bits per heavy atom. The lowest BCUT2D eigenvalue weighted by molar-refractivity contribution is -0.137. The molecule has 2 aromatic rings. The molecule has 0 bridgehead atoms. The lowest BCUT2D eigenvalue weighted by Gasteiger charge is -2.29. The fraction of sp³-hybridized carbons (Fsp3) is 0.471. The number of H-pyrrole nitrogens is 1. The Hall–Kier alpha value is -2.25. The Morgan fingerprint density at radius 3 is 2.79 bits per heavy atom. The summed E-state index contributed by atoms with van der Waals surface area (Å²) in [5, 5.41) is 31.7. The second-order valence-corrected chi connectivity index (χ2v) is 6.38. The van der Waals surface area contributed by atoms with Crippen molar-refractivity contribution in [1.82, 2.24) is 20.3 Å². The molecule has 0 unspecified atom stereocenters. The maximum Gasteiger partial charge on any atom is 0.225 e. The standard InChI is InChI=1S/C17H22N4O3/c1-2-16(23,13-6-4-3-5-7-13)10-15(22)21-9-8-17(24,12-21)14-11-18-20-19-14/h3-7,11,23-24H,2,8-10,12H2,1H3,(H,18,19,20)/t16-,17+/m0/s1. The van der Waals surface area contributed by atoms with Crippen LogP contribution in [0.1, 0.15) is 37.4 Å². The molecule has 128 valence electrons. The first-order valence-electron chi connectivity index (χ1n) is 8.11. The Morgan fingerprint density at radius 2 is 2.17 bits per heavy atom. The van der Waals surface area contributed by atoms with Crippen LogP contribution in [0.15, 0.2) is 36.5 Å². The predicted octanol–water partition coefficient (Wildman–Crippen LogP) is 0.912. The number of nitrogens with zero attached hydrogens (tertiary/aromatic N) is 3. The van der Waals surface area contributed by atoms with Gasteiger partial charge in [0.2, 0.25) is 5.91 Å². The van der Waals surface area contributed by atoms with E-state index in [1.165, 1.54) is 6.20 Å². The number of amides is 1. The van der Waals surface area contributed by atoms with Gasteiger partial charge in [-0.15, -0.1) is 0 Å². The number of β-amino-alcohol motifs (C(OH)–C–C–N with tert-alkyl or cyclic N) is 1. The molecule has 3 N–H and O–H groups in total. The number of carbonyl (C=O) groups excluding carboxylic acids is 1. The zero-order valence-electron chi connectivity index (χ0n) is 13.6. The number of rotatable bonds is 5. The van der Waals surface area contributed by atoms with Crippen LogP contribution in [-0.2, 0) is 16.0 Å². The molecule has 7 nitrogen and oxygen atoms in total. The number of carbonyl (C=O) groups is 1. The van der Waals surface area contributed by atoms with Gasteiger partial charge in [-0.05, 0) is 12.0 Å². The van der Waals surface area contributed by atoms with Crippen molar-refractivity contribution in [2.24, 2.45) is 0 Å². The molecule has 0 aliphatic carbocycles. The molecule has 1 aromatic heterocycles. The van der Waals surface area contributed by atoms with Crippen LogP contribution in [0.2, 0.25) is 0 Å². The topological polar surface area (TPSA) is 102 Å². The van der Waals surface area contributed by atoms with Crippen molar-refractivity contribution in [3.05, 3.63) is 47.8 Å². The van der Waals surface area contributed by atoms with Crippen molar-refractivity contribution in [3.8, 4) is 0 Å². The van der Waals surface area contributed by atoms with Crippen molar-refractivity contribution in [3.63, 3.8) is 0 Å². The first-order chi connectivity index (χ1) is 11.5. The minimum Gasteiger partial charge on any atom is -0.385 e. The van der Waals surface area contributed by atoms with Crippen LogP contribution in [0, 0.1) is 0 Å². The maximum atomic E-state index is 12.7. The van der Waals surface area contributed by atoms with E-state index >= 15 is 0 Å². The van der Waals surface area contributed by atoms with E-state index in [1.54, 1.807) is 4.90 Å². The lowest BCUT2D eigenvalue weighted by atomic mass is 9.87. The normalized spacial score (nSPS) is 23.2. The van der Waals surface area contributed by atoms with Crippen LogP contribution in [0.4, 0.5) is 0 Å². The third kappa shape index (κ3) is 3.05. The summed E-state index contributed by atoms with van der Waals surface area (Å²) in [6.07, 6.45) is 2.30. The van der Waals surface area contributed by atoms with Gasteiger partial charge in [-0.1, -0.05) is 37.3 Å². The third-order valence-corrected chi connectivity index (χ3v) is 4.83. The highest BCUT2D eigenvalue weighted by atomic mass is 16.3. The molecule has 1 aliphatic rings. The van der Waals surface area contributed by atoms with E-state index < -0.39 is 11.2 Å². The molecule has 2 heterocycles. The first kappa shape index (κ1) is 16.6. The summed E-state index contributed by atoms with van der Waals surface area (Å²) in [7, 11) is 0. The smallest absolute Gasteiger partial charge is 0.225 e. The maximum absolute atomic E-state index is 12.7. The van der Waals surface area contributed by atoms with Gasteiger partial charge in [0.1, 0.15) is 11.3 Å². The minimum atomic E-state index is -1.20. The molecule has 24 heavy (non-hydrogen) atoms. The molecule has 1 fully saturated rings. The fourth-order valence-electron chi connectivity index (χ4n) is 3.18. The molecule has 0 spiro atoms. The summed E-state index contributed by atoms with van der Waals surface area (Å²) in [4.78, 5) is 14.2. The zero-order valence-corrected chi connectivity index (χ0v) is 13.6. The van der Waals surface area contributed by atoms with Gasteiger partial charge in [-0.25, -0.2) is 0 Å². The van der Waals surface area contributed by atoms with Crippen LogP contribution >= 0.6 is 0 Å². The lowest BCUT2D eigenvalue weighted by Crippen LogP contribution is -2.39. The summed E-state index contributed by atoms with van der Waals surface area (Å²) in [6, 6.07) is 9.22. The van der Waals surface area contributed by atoms with Crippen molar-refractivity contribution in [1.29, 1.82) is 0 Å². The van der Waals surface area contributed by atoms with Crippen molar-refractivity contribution in [2.45, 2.75) is 37.4 Å². The van der Waals surface area contributed by atoms with Gasteiger partial charge in [0.15, 0.2) is 0 Å². The second-order valence-electron chi connectivity index (χ2n) is 6.38. The molecule has 1 saturated heterocycles. The van der Waals surface area contributed by atoms with Crippen LogP contribution in [0.5, 0.6) is 0 Å². The van der Waals surface area contributed by atoms with E-state index in [1.807, 2.05) is 37.3 Å². The van der Waals surface area contributed by atoms with E-state index in [4.69, 9.17) is 0 Å². The van der Waals surface area contributed by atoms with Crippen LogP contribution in [0.25, 0.3) is 0 Å². The van der Waals surface area contributed by atoms with Gasteiger partial charge in [0.05, 0.1) is 24.8 Å². The Labute approximate surface area is 140 Å². The molecule has 1 aliphatic heterocycles. The number of hydrogen-bond donors (Lipinski definition) is 3. The quantitative estimate of drug-likeness (QED) is 0.756. The first-order valence-corrected chi connectivity index (χ1v) is 8.11. The minimum absolute atomic E-state index is 0.0115. The fourth-order valence-corrected chi connectivity index (χ4v) is 3.18. The van der Waals surface area contributed by atoms with E-state index in [-0.39, 0.29) is 18.9 Å². The van der Waals surface area contributed by atoms with Gasteiger partial charge in [0.25, 0.3) is 0 Å². The Kier molecular flexibility index (Phi) is 4.38. The summed E-state index contributed by atoms with van der Waals surface area (Å²) < 4.78 is 0. The number of aromatic nitrogens is 3. The Bertz CT molecular complexity index is 691. The summed E-state index contributed by atoms with van der Waals surface area (Å²) in [6.45, 7) is 2.44. The molecular weight excluding hydrogens is 308 g/mol. The van der Waals surface area contributed by atoms with Crippen molar-refractivity contribution < 1.29 is 15.0 Å². The molecule has 0 saturated carbocycles. The number of hydrogen-bond acceptors (Lipinski definition) is 5. The summed E-state index contributed by atoms with van der Waals surface area (Å²) in [5.74, 6) is -0.178. The molecule has 3 rings (SSSR count). The molecule has 2 atom stereocenters. The highest BCUT2D eigenvalue weighted by Gasteiger charge is 2.43. The zero-order chi connectivity index (χ0) is 17.2. The average Bonchev–Trinajstić information content (AvgIpc) is 3.26. The monoisotopic (exact) mass is 330 g/mol. The van der Waals surface area contributed by atoms with E-state index in [0.29, 0.717) is 25.1 Å². The molecule has 7 heteroatoms. The summed E-state index contributed by atoms with van der Waals surface area (Å²) >= 11 is 0. The van der Waals surface area contributed by atoms with Gasteiger partial charge >= 0.3 is 0 Å². The number of aliphatic hydroxyl groups is 2. The van der Waals surface area contributed by atoms with Crippen LogP contribution in [0.3, 0.4) is 0 Å². The number of nitrogens with one attached hydrogen (secondary N) is 1. The highest BCUT2D eigenvalue weighted by molar-refractivity contribution is 5.78. The van der Waals surface area contributed by atoms with Gasteiger partial charge < -0.3 is 15.1 Å². The molecular formula is C17H22N4O3. The number of aromatic amines is 1. The van der Waals surface area contributed by atoms with Gasteiger partial charge in [-0.3, -0.25) is 4.79 Å². The van der Waals surface area contributed by atoms with E-state index in [2.05, 4.69) is 15.4 Å². The average molecular weight is 330 g/mol.